The topological polar surface area (TPSA) is 55.8 Å². The summed E-state index contributed by atoms with van der Waals surface area (Å²) in [6.07, 6.45) is -7.26. The van der Waals surface area contributed by atoms with Crippen LogP contribution in [0.25, 0.3) is 0 Å². The number of halogens is 3. The lowest BCUT2D eigenvalue weighted by Gasteiger charge is -2.22. The highest BCUT2D eigenvalue weighted by atomic mass is 31.2. The van der Waals surface area contributed by atoms with Gasteiger partial charge in [0.25, 0.3) is 0 Å². The molecule has 0 spiro atoms. The van der Waals surface area contributed by atoms with Crippen LogP contribution in [-0.4, -0.2) is 24.8 Å². The van der Waals surface area contributed by atoms with Crippen LogP contribution in [0, 0.1) is 0 Å². The van der Waals surface area contributed by atoms with Gasteiger partial charge in [-0.2, -0.15) is 13.2 Å². The maximum atomic E-state index is 12.8. The summed E-state index contributed by atoms with van der Waals surface area (Å²) in [6, 6.07) is 5.06. The molecular weight excluding hydrogens is 272 g/mol. The van der Waals surface area contributed by atoms with Crippen LogP contribution in [0.15, 0.2) is 24.3 Å². The Bertz CT molecular complexity index is 455. The predicted molar refractivity (Wildman–Crippen MR) is 58.6 cm³/mol. The molecule has 0 aromatic heterocycles. The molecule has 0 fully saturated rings. The van der Waals surface area contributed by atoms with Crippen molar-refractivity contribution in [1.29, 1.82) is 0 Å². The highest BCUT2D eigenvalue weighted by Gasteiger charge is 2.44. The molecule has 1 aromatic rings. The van der Waals surface area contributed by atoms with Crippen LogP contribution >= 0.6 is 7.60 Å². The Morgan fingerprint density at radius 2 is 2.00 bits per heavy atom. The van der Waals surface area contributed by atoms with Crippen molar-refractivity contribution in [1.82, 2.24) is 0 Å². The van der Waals surface area contributed by atoms with Crippen molar-refractivity contribution in [2.24, 2.45) is 0 Å². The van der Waals surface area contributed by atoms with Crippen molar-refractivity contribution >= 4 is 7.60 Å². The highest BCUT2D eigenvalue weighted by Crippen LogP contribution is 2.49. The van der Waals surface area contributed by atoms with Gasteiger partial charge in [-0.1, -0.05) is 12.1 Å². The molecule has 0 radical (unpaired) electrons. The first-order valence-electron chi connectivity index (χ1n) is 4.83. The molecule has 0 bridgehead atoms. The van der Waals surface area contributed by atoms with E-state index in [1.165, 1.54) is 19.2 Å². The molecule has 1 N–H and O–H groups in total. The summed E-state index contributed by atoms with van der Waals surface area (Å²) in [6.45, 7) is 0.700. The van der Waals surface area contributed by atoms with Crippen LogP contribution in [0.2, 0.25) is 0 Å². The summed E-state index contributed by atoms with van der Waals surface area (Å²) in [5.74, 6) is 0.203. The lowest BCUT2D eigenvalue weighted by molar-refractivity contribution is -0.199. The second kappa shape index (κ2) is 5.30. The van der Waals surface area contributed by atoms with Gasteiger partial charge in [-0.25, -0.2) is 0 Å². The number of rotatable bonds is 4. The third kappa shape index (κ3) is 4.33. The normalized spacial score (nSPS) is 17.0. The van der Waals surface area contributed by atoms with E-state index in [2.05, 4.69) is 4.52 Å². The van der Waals surface area contributed by atoms with Gasteiger partial charge in [-0.05, 0) is 17.7 Å². The van der Waals surface area contributed by atoms with Crippen molar-refractivity contribution < 1.29 is 31.9 Å². The lowest BCUT2D eigenvalue weighted by atomic mass is 10.1. The summed E-state index contributed by atoms with van der Waals surface area (Å²) in [7, 11) is -2.96. The maximum absolute atomic E-state index is 12.8. The molecule has 2 atom stereocenters. The average Bonchev–Trinajstić information content (AvgIpc) is 2.23. The molecule has 102 valence electrons. The SMILES string of the molecule is COc1cccc([C@H](OP(C)(=O)O)C(F)(F)F)c1. The summed E-state index contributed by atoms with van der Waals surface area (Å²) in [5, 5.41) is 0. The fourth-order valence-electron chi connectivity index (χ4n) is 1.31. The number of methoxy groups -OCH3 is 1. The molecule has 0 aliphatic heterocycles. The molecule has 4 nitrogen and oxygen atoms in total. The zero-order valence-corrected chi connectivity index (χ0v) is 10.5. The van der Waals surface area contributed by atoms with Gasteiger partial charge in [0.1, 0.15) is 5.75 Å². The third-order valence-electron chi connectivity index (χ3n) is 1.99. The lowest BCUT2D eigenvalue weighted by Crippen LogP contribution is -2.22. The molecule has 0 aliphatic carbocycles. The maximum Gasteiger partial charge on any atom is 0.419 e. The Kier molecular flexibility index (Phi) is 4.42. The fraction of sp³-hybridized carbons (Fsp3) is 0.400. The largest absolute Gasteiger partial charge is 0.497 e. The summed E-state index contributed by atoms with van der Waals surface area (Å²) < 4.78 is 58.3. The van der Waals surface area contributed by atoms with Gasteiger partial charge in [-0.3, -0.25) is 9.09 Å². The Morgan fingerprint density at radius 3 is 2.44 bits per heavy atom. The zero-order chi connectivity index (χ0) is 14.0. The second-order valence-electron chi connectivity index (χ2n) is 3.61. The van der Waals surface area contributed by atoms with Crippen LogP contribution in [0.4, 0.5) is 13.2 Å². The number of benzene rings is 1. The van der Waals surface area contributed by atoms with Gasteiger partial charge in [0.2, 0.25) is 0 Å². The molecule has 8 heteroatoms. The standard InChI is InChI=1S/C10H12F3O4P/c1-16-8-5-3-4-7(6-8)9(10(11,12)13)17-18(2,14)15/h3-6,9H,1-2H3,(H,14,15)/t9-/m0/s1. The Morgan fingerprint density at radius 1 is 1.39 bits per heavy atom. The molecule has 0 aliphatic rings. The van der Waals surface area contributed by atoms with E-state index in [-0.39, 0.29) is 11.3 Å². The van der Waals surface area contributed by atoms with Crippen molar-refractivity contribution in [2.45, 2.75) is 12.3 Å². The molecule has 18 heavy (non-hydrogen) atoms. The van der Waals surface area contributed by atoms with Gasteiger partial charge >= 0.3 is 13.8 Å². The second-order valence-corrected chi connectivity index (χ2v) is 5.42. The first-order valence-corrected chi connectivity index (χ1v) is 6.85. The van der Waals surface area contributed by atoms with E-state index in [0.29, 0.717) is 6.66 Å². The molecular formula is C10H12F3O4P. The quantitative estimate of drug-likeness (QED) is 0.863. The Labute approximate surface area is 102 Å². The number of ether oxygens (including phenoxy) is 1. The van der Waals surface area contributed by atoms with Crippen LogP contribution in [0.5, 0.6) is 5.75 Å². The molecule has 1 aromatic carbocycles. The minimum Gasteiger partial charge on any atom is -0.497 e. The fourth-order valence-corrected chi connectivity index (χ4v) is 1.94. The highest BCUT2D eigenvalue weighted by molar-refractivity contribution is 7.51. The zero-order valence-electron chi connectivity index (χ0n) is 9.64. The molecule has 1 rings (SSSR count). The van der Waals surface area contributed by atoms with E-state index in [4.69, 9.17) is 9.63 Å². The Hall–Kier alpha value is -1.04. The van der Waals surface area contributed by atoms with E-state index >= 15 is 0 Å². The number of hydrogen-bond acceptors (Lipinski definition) is 3. The molecule has 0 saturated heterocycles. The molecule has 0 saturated carbocycles. The average molecular weight is 284 g/mol. The third-order valence-corrected chi connectivity index (χ3v) is 2.60. The van der Waals surface area contributed by atoms with Crippen LogP contribution < -0.4 is 4.74 Å². The molecule has 0 amide bonds. The van der Waals surface area contributed by atoms with Gasteiger partial charge in [0.15, 0.2) is 6.10 Å². The van der Waals surface area contributed by atoms with Crippen molar-refractivity contribution in [3.05, 3.63) is 29.8 Å². The van der Waals surface area contributed by atoms with Crippen molar-refractivity contribution in [3.63, 3.8) is 0 Å². The first kappa shape index (κ1) is 15.0. The summed E-state index contributed by atoms with van der Waals surface area (Å²) in [4.78, 5) is 8.94. The minimum absolute atomic E-state index is 0.203. The van der Waals surface area contributed by atoms with Crippen molar-refractivity contribution in [2.75, 3.05) is 13.8 Å². The summed E-state index contributed by atoms with van der Waals surface area (Å²) in [5.41, 5.74) is -0.294. The van der Waals surface area contributed by atoms with Gasteiger partial charge in [0.05, 0.1) is 7.11 Å². The number of hydrogen-bond donors (Lipinski definition) is 1. The van der Waals surface area contributed by atoms with E-state index in [0.717, 1.165) is 12.1 Å². The smallest absolute Gasteiger partial charge is 0.419 e. The van der Waals surface area contributed by atoms with Crippen molar-refractivity contribution in [3.8, 4) is 5.75 Å². The Balaban J connectivity index is 3.13. The van der Waals surface area contributed by atoms with Gasteiger partial charge in [0, 0.05) is 6.66 Å². The summed E-state index contributed by atoms with van der Waals surface area (Å²) >= 11 is 0. The minimum atomic E-state index is -4.79. The van der Waals surface area contributed by atoms with E-state index in [1.807, 2.05) is 0 Å². The molecule has 1 unspecified atom stereocenters. The van der Waals surface area contributed by atoms with E-state index in [9.17, 15) is 17.7 Å². The predicted octanol–water partition coefficient (Wildman–Crippen LogP) is 3.13. The first-order chi connectivity index (χ1) is 8.13. The van der Waals surface area contributed by atoms with Crippen LogP contribution in [-0.2, 0) is 9.09 Å². The number of alkyl halides is 3. The molecule has 0 heterocycles. The van der Waals surface area contributed by atoms with Crippen LogP contribution in [0.3, 0.4) is 0 Å². The van der Waals surface area contributed by atoms with E-state index < -0.39 is 19.9 Å². The monoisotopic (exact) mass is 284 g/mol. The van der Waals surface area contributed by atoms with Gasteiger partial charge < -0.3 is 9.63 Å². The van der Waals surface area contributed by atoms with E-state index in [1.54, 1.807) is 0 Å². The van der Waals surface area contributed by atoms with Crippen LogP contribution in [0.1, 0.15) is 11.7 Å². The van der Waals surface area contributed by atoms with Gasteiger partial charge in [-0.15, -0.1) is 0 Å².